The topological polar surface area (TPSA) is 144 Å². The van der Waals surface area contributed by atoms with Crippen LogP contribution in [0.2, 0.25) is 0 Å². The number of aliphatic hydroxyl groups is 2. The highest BCUT2D eigenvalue weighted by Gasteiger charge is 2.35. The Kier molecular flexibility index (Phi) is 12.1. The predicted octanol–water partition coefficient (Wildman–Crippen LogP) is 4.94. The van der Waals surface area contributed by atoms with E-state index < -0.39 is 11.9 Å². The molecule has 1 aromatic heterocycles. The number of methoxy groups -OCH3 is 6. The largest absolute Gasteiger partial charge is 0.496 e. The summed E-state index contributed by atoms with van der Waals surface area (Å²) in [6.07, 6.45) is 0.363. The molecule has 256 valence electrons. The fourth-order valence-corrected chi connectivity index (χ4v) is 5.69. The SMILES string of the molecule is COCOc1cc(OC)c(C)cc1-c1c(-c2ccc(CO)c(CO)c2)c(C(=O)OC)n(CCc2ccc(OC)c(OC)c2)c1C(=O)OC. The zero-order valence-electron chi connectivity index (χ0n) is 28.2. The van der Waals surface area contributed by atoms with Crippen LogP contribution in [-0.2, 0) is 40.4 Å². The van der Waals surface area contributed by atoms with E-state index in [1.807, 2.05) is 19.1 Å². The van der Waals surface area contributed by atoms with Gasteiger partial charge in [0.1, 0.15) is 22.9 Å². The van der Waals surface area contributed by atoms with Gasteiger partial charge in [-0.05, 0) is 65.4 Å². The summed E-state index contributed by atoms with van der Waals surface area (Å²) in [5.41, 5.74) is 4.24. The lowest BCUT2D eigenvalue weighted by Crippen LogP contribution is -2.18. The van der Waals surface area contributed by atoms with Crippen LogP contribution in [0.3, 0.4) is 0 Å². The number of ether oxygens (including phenoxy) is 7. The summed E-state index contributed by atoms with van der Waals surface area (Å²) in [6, 6.07) is 14.0. The van der Waals surface area contributed by atoms with Gasteiger partial charge in [0, 0.05) is 36.4 Å². The van der Waals surface area contributed by atoms with Gasteiger partial charge in [0.15, 0.2) is 18.3 Å². The third-order valence-corrected chi connectivity index (χ3v) is 8.03. The zero-order chi connectivity index (χ0) is 35.0. The lowest BCUT2D eigenvalue weighted by Gasteiger charge is -2.17. The van der Waals surface area contributed by atoms with Crippen LogP contribution in [0, 0.1) is 6.92 Å². The average Bonchev–Trinajstić information content (AvgIpc) is 3.46. The Morgan fingerprint density at radius 2 is 1.33 bits per heavy atom. The number of aromatic nitrogens is 1. The Morgan fingerprint density at radius 1 is 0.688 bits per heavy atom. The second-order valence-electron chi connectivity index (χ2n) is 10.7. The summed E-state index contributed by atoms with van der Waals surface area (Å²) >= 11 is 0. The first-order chi connectivity index (χ1) is 23.2. The first kappa shape index (κ1) is 35.8. The van der Waals surface area contributed by atoms with Gasteiger partial charge in [-0.2, -0.15) is 0 Å². The minimum Gasteiger partial charge on any atom is -0.496 e. The van der Waals surface area contributed by atoms with E-state index in [0.717, 1.165) is 11.1 Å². The maximum atomic E-state index is 13.9. The van der Waals surface area contributed by atoms with E-state index in [1.165, 1.54) is 28.4 Å². The highest BCUT2D eigenvalue weighted by atomic mass is 16.7. The van der Waals surface area contributed by atoms with E-state index in [2.05, 4.69) is 0 Å². The number of benzene rings is 3. The standard InChI is InChI=1S/C36H41NO11/c1-21-14-26(29(48-20-42-2)17-28(21)44-4)32-31(23-9-10-24(18-38)25(16-23)19-39)33(35(40)46-6)37(34(32)36(41)47-7)13-12-22-8-11-27(43-3)30(15-22)45-5/h8-11,14-17,38-39H,12-13,18-20H2,1-7H3. The highest BCUT2D eigenvalue weighted by Crippen LogP contribution is 2.46. The Morgan fingerprint density at radius 3 is 1.92 bits per heavy atom. The molecule has 2 N–H and O–H groups in total. The maximum Gasteiger partial charge on any atom is 0.355 e. The van der Waals surface area contributed by atoms with Gasteiger partial charge >= 0.3 is 11.9 Å². The molecule has 0 spiro atoms. The lowest BCUT2D eigenvalue weighted by atomic mass is 9.91. The van der Waals surface area contributed by atoms with Crippen molar-refractivity contribution < 1.29 is 53.0 Å². The Hall–Kier alpha value is -5.04. The molecule has 0 amide bonds. The van der Waals surface area contributed by atoms with Crippen LogP contribution >= 0.6 is 0 Å². The Balaban J connectivity index is 2.14. The van der Waals surface area contributed by atoms with Crippen LogP contribution in [-0.4, -0.2) is 76.2 Å². The van der Waals surface area contributed by atoms with Crippen LogP contribution in [0.5, 0.6) is 23.0 Å². The minimum absolute atomic E-state index is 0.0667. The van der Waals surface area contributed by atoms with Crippen molar-refractivity contribution in [2.75, 3.05) is 49.5 Å². The van der Waals surface area contributed by atoms with Gasteiger partial charge in [0.2, 0.25) is 0 Å². The second kappa shape index (κ2) is 16.2. The van der Waals surface area contributed by atoms with Gasteiger partial charge < -0.3 is 47.9 Å². The summed E-state index contributed by atoms with van der Waals surface area (Å²) in [5, 5.41) is 20.1. The van der Waals surface area contributed by atoms with Gasteiger partial charge in [0.25, 0.3) is 0 Å². The molecular weight excluding hydrogens is 622 g/mol. The molecule has 12 heteroatoms. The van der Waals surface area contributed by atoms with Crippen LogP contribution in [0.1, 0.15) is 43.2 Å². The normalized spacial score (nSPS) is 10.9. The van der Waals surface area contributed by atoms with E-state index >= 15 is 0 Å². The molecule has 48 heavy (non-hydrogen) atoms. The van der Waals surface area contributed by atoms with Crippen molar-refractivity contribution in [2.24, 2.45) is 0 Å². The van der Waals surface area contributed by atoms with Crippen molar-refractivity contribution in [1.29, 1.82) is 0 Å². The van der Waals surface area contributed by atoms with Crippen LogP contribution in [0.25, 0.3) is 22.3 Å². The van der Waals surface area contributed by atoms with Gasteiger partial charge in [0.05, 0.1) is 48.8 Å². The molecule has 0 unspecified atom stereocenters. The van der Waals surface area contributed by atoms with Crippen LogP contribution in [0.4, 0.5) is 0 Å². The quantitative estimate of drug-likeness (QED) is 0.132. The first-order valence-electron chi connectivity index (χ1n) is 15.0. The molecule has 0 saturated heterocycles. The summed E-state index contributed by atoms with van der Waals surface area (Å²) in [6.45, 7) is 1.18. The number of hydrogen-bond acceptors (Lipinski definition) is 11. The molecule has 0 atom stereocenters. The van der Waals surface area contributed by atoms with Gasteiger partial charge in [-0.3, -0.25) is 0 Å². The second-order valence-corrected chi connectivity index (χ2v) is 10.7. The number of aryl methyl sites for hydroxylation is 2. The minimum atomic E-state index is -0.714. The third kappa shape index (κ3) is 7.10. The smallest absolute Gasteiger partial charge is 0.355 e. The molecule has 1 heterocycles. The van der Waals surface area contributed by atoms with E-state index in [0.29, 0.717) is 62.8 Å². The average molecular weight is 664 g/mol. The Bertz CT molecular complexity index is 1780. The monoisotopic (exact) mass is 663 g/mol. The maximum absolute atomic E-state index is 13.9. The molecule has 0 radical (unpaired) electrons. The van der Waals surface area contributed by atoms with Crippen molar-refractivity contribution in [1.82, 2.24) is 4.57 Å². The molecule has 3 aromatic carbocycles. The fraction of sp³-hybridized carbons (Fsp3) is 0.333. The van der Waals surface area contributed by atoms with E-state index in [4.69, 9.17) is 33.2 Å². The van der Waals surface area contributed by atoms with Crippen LogP contribution < -0.4 is 18.9 Å². The number of rotatable bonds is 15. The number of hydrogen-bond donors (Lipinski definition) is 2. The first-order valence-corrected chi connectivity index (χ1v) is 15.0. The number of esters is 2. The van der Waals surface area contributed by atoms with Gasteiger partial charge in [-0.25, -0.2) is 9.59 Å². The molecule has 0 fully saturated rings. The molecule has 0 aliphatic rings. The lowest BCUT2D eigenvalue weighted by molar-refractivity contribution is 0.0513. The van der Waals surface area contributed by atoms with Crippen LogP contribution in [0.15, 0.2) is 48.5 Å². The molecule has 12 nitrogen and oxygen atoms in total. The molecule has 4 rings (SSSR count). The summed E-state index contributed by atoms with van der Waals surface area (Å²) in [5.74, 6) is 0.501. The van der Waals surface area contributed by atoms with E-state index in [1.54, 1.807) is 55.2 Å². The predicted molar refractivity (Wildman–Crippen MR) is 177 cm³/mol. The molecule has 0 bridgehead atoms. The number of carbonyl (C=O) groups is 2. The van der Waals surface area contributed by atoms with Crippen molar-refractivity contribution in [3.63, 3.8) is 0 Å². The Labute approximate surface area is 279 Å². The van der Waals surface area contributed by atoms with E-state index in [9.17, 15) is 19.8 Å². The van der Waals surface area contributed by atoms with E-state index in [-0.39, 0.29) is 37.9 Å². The number of nitrogens with zero attached hydrogens (tertiary/aromatic N) is 1. The summed E-state index contributed by atoms with van der Waals surface area (Å²) in [4.78, 5) is 27.7. The van der Waals surface area contributed by atoms with Crippen molar-refractivity contribution in [2.45, 2.75) is 33.1 Å². The molecule has 0 saturated carbocycles. The zero-order valence-corrected chi connectivity index (χ0v) is 28.2. The van der Waals surface area contributed by atoms with Crippen molar-refractivity contribution in [3.05, 3.63) is 82.2 Å². The molecule has 0 aliphatic carbocycles. The summed E-state index contributed by atoms with van der Waals surface area (Å²) in [7, 11) is 8.62. The number of carbonyl (C=O) groups excluding carboxylic acids is 2. The fourth-order valence-electron chi connectivity index (χ4n) is 5.69. The summed E-state index contributed by atoms with van der Waals surface area (Å²) < 4.78 is 39.9. The van der Waals surface area contributed by atoms with Crippen molar-refractivity contribution in [3.8, 4) is 45.3 Å². The molecule has 0 aliphatic heterocycles. The third-order valence-electron chi connectivity index (χ3n) is 8.03. The van der Waals surface area contributed by atoms with Gasteiger partial charge in [-0.15, -0.1) is 0 Å². The highest BCUT2D eigenvalue weighted by molar-refractivity contribution is 6.10. The van der Waals surface area contributed by atoms with Gasteiger partial charge in [-0.1, -0.05) is 18.2 Å². The van der Waals surface area contributed by atoms with Crippen molar-refractivity contribution >= 4 is 11.9 Å². The molecule has 4 aromatic rings. The number of aliphatic hydroxyl groups excluding tert-OH is 2. The molecular formula is C36H41NO11.